The molecule has 0 unspecified atom stereocenters. The van der Waals surface area contributed by atoms with E-state index in [0.717, 1.165) is 48.1 Å². The maximum atomic E-state index is 13.8. The molecule has 6 rings (SSSR count). The van der Waals surface area contributed by atoms with Crippen LogP contribution in [0.25, 0.3) is 6.08 Å². The number of aryl methyl sites for hydroxylation is 2. The summed E-state index contributed by atoms with van der Waals surface area (Å²) in [6.45, 7) is 4.82. The van der Waals surface area contributed by atoms with Gasteiger partial charge in [0, 0.05) is 0 Å². The van der Waals surface area contributed by atoms with E-state index in [1.165, 1.54) is 11.8 Å². The van der Waals surface area contributed by atoms with Gasteiger partial charge >= 0.3 is 0 Å². The van der Waals surface area contributed by atoms with Crippen LogP contribution in [-0.2, 0) is 18.0 Å². The number of methoxy groups -OCH3 is 1. The molecule has 0 radical (unpaired) electrons. The number of hydrogen-bond donors (Lipinski definition) is 0. The van der Waals surface area contributed by atoms with Crippen LogP contribution in [0.1, 0.15) is 27.8 Å². The van der Waals surface area contributed by atoms with Crippen molar-refractivity contribution in [2.75, 3.05) is 12.0 Å². The zero-order chi connectivity index (χ0) is 33.6. The van der Waals surface area contributed by atoms with Gasteiger partial charge in [-0.2, -0.15) is 0 Å². The van der Waals surface area contributed by atoms with Crippen LogP contribution in [-0.4, -0.2) is 18.2 Å². The molecular formula is C39H32Br2N2O4S. The lowest BCUT2D eigenvalue weighted by Crippen LogP contribution is -2.28. The first-order valence-electron chi connectivity index (χ1n) is 15.2. The van der Waals surface area contributed by atoms with Gasteiger partial charge in [0.25, 0.3) is 5.91 Å². The predicted octanol–water partition coefficient (Wildman–Crippen LogP) is 10.8. The van der Waals surface area contributed by atoms with E-state index in [9.17, 15) is 4.79 Å². The van der Waals surface area contributed by atoms with Crippen molar-refractivity contribution in [2.45, 2.75) is 27.1 Å². The fourth-order valence-electron chi connectivity index (χ4n) is 4.96. The molecule has 1 fully saturated rings. The molecule has 1 amide bonds. The van der Waals surface area contributed by atoms with Crippen LogP contribution >= 0.6 is 43.6 Å². The molecule has 0 N–H and O–H groups in total. The number of carbonyl (C=O) groups is 1. The highest BCUT2D eigenvalue weighted by Gasteiger charge is 2.35. The van der Waals surface area contributed by atoms with Crippen LogP contribution in [0.4, 0.5) is 11.4 Å². The predicted molar refractivity (Wildman–Crippen MR) is 202 cm³/mol. The fraction of sp³-hybridized carbons (Fsp3) is 0.128. The van der Waals surface area contributed by atoms with Gasteiger partial charge in [-0.05, 0) is 129 Å². The molecule has 0 spiro atoms. The number of nitrogens with zero attached hydrogens (tertiary/aromatic N) is 2. The Kier molecular flexibility index (Phi) is 10.7. The number of rotatable bonds is 10. The molecule has 1 saturated heterocycles. The van der Waals surface area contributed by atoms with E-state index < -0.39 is 0 Å². The van der Waals surface area contributed by atoms with Crippen LogP contribution in [0.15, 0.2) is 128 Å². The average molecular weight is 785 g/mol. The summed E-state index contributed by atoms with van der Waals surface area (Å²) in [5, 5.41) is 0.601. The number of aliphatic imine (C=N–C) groups is 1. The molecule has 6 nitrogen and oxygen atoms in total. The second kappa shape index (κ2) is 15.3. The summed E-state index contributed by atoms with van der Waals surface area (Å²) in [5.74, 6) is 1.81. The normalized spacial score (nSPS) is 14.5. The van der Waals surface area contributed by atoms with Gasteiger partial charge in [0.05, 0.1) is 32.3 Å². The summed E-state index contributed by atoms with van der Waals surface area (Å²) in [6.07, 6.45) is 1.88. The average Bonchev–Trinajstić information content (AvgIpc) is 3.38. The van der Waals surface area contributed by atoms with Crippen LogP contribution in [0.2, 0.25) is 0 Å². The van der Waals surface area contributed by atoms with Gasteiger partial charge in [0.2, 0.25) is 0 Å². The summed E-state index contributed by atoms with van der Waals surface area (Å²) in [6, 6.07) is 35.5. The molecule has 5 aromatic rings. The van der Waals surface area contributed by atoms with Crippen molar-refractivity contribution in [2.24, 2.45) is 4.99 Å². The summed E-state index contributed by atoms with van der Waals surface area (Å²) in [4.78, 5) is 20.9. The van der Waals surface area contributed by atoms with Gasteiger partial charge < -0.3 is 14.2 Å². The Morgan fingerprint density at radius 2 is 1.40 bits per heavy atom. The Morgan fingerprint density at radius 1 is 0.750 bits per heavy atom. The maximum Gasteiger partial charge on any atom is 0.271 e. The highest BCUT2D eigenvalue weighted by Crippen LogP contribution is 2.40. The van der Waals surface area contributed by atoms with Crippen LogP contribution in [0.5, 0.6) is 17.2 Å². The van der Waals surface area contributed by atoms with Gasteiger partial charge in [0.15, 0.2) is 16.7 Å². The van der Waals surface area contributed by atoms with E-state index in [4.69, 9.17) is 19.2 Å². The maximum absolute atomic E-state index is 13.8. The van der Waals surface area contributed by atoms with Crippen LogP contribution < -0.4 is 19.1 Å². The summed E-state index contributed by atoms with van der Waals surface area (Å²) in [7, 11) is 1.63. The Balaban J connectivity index is 1.20. The number of benzene rings is 5. The lowest BCUT2D eigenvalue weighted by Gasteiger charge is -2.16. The molecule has 0 aromatic heterocycles. The Bertz CT molecular complexity index is 1970. The molecule has 0 bridgehead atoms. The second-order valence-electron chi connectivity index (χ2n) is 11.2. The third-order valence-electron chi connectivity index (χ3n) is 7.52. The van der Waals surface area contributed by atoms with E-state index in [1.54, 1.807) is 12.0 Å². The minimum absolute atomic E-state index is 0.132. The van der Waals surface area contributed by atoms with Crippen molar-refractivity contribution in [1.82, 2.24) is 0 Å². The van der Waals surface area contributed by atoms with Crippen molar-refractivity contribution in [3.05, 3.63) is 151 Å². The van der Waals surface area contributed by atoms with Gasteiger partial charge in [-0.3, -0.25) is 9.69 Å². The summed E-state index contributed by atoms with van der Waals surface area (Å²) in [5.41, 5.74) is 6.66. The standard InChI is InChI=1S/C39H32Br2N2O4S/c1-25-9-14-30(15-10-25)42-39-43(31-16-11-26(2)12-17-31)38(44)36(48-39)22-29-19-32(40)37(33(41)20-29)47-24-28-13-18-34(35(21-28)45-3)46-23-27-7-5-4-6-8-27/h4-22H,23-24H2,1-3H3/b36-22+,42-39?. The van der Waals surface area contributed by atoms with Gasteiger partial charge in [-0.25, -0.2) is 4.99 Å². The smallest absolute Gasteiger partial charge is 0.271 e. The molecule has 5 aromatic carbocycles. The lowest BCUT2D eigenvalue weighted by atomic mass is 10.2. The molecule has 48 heavy (non-hydrogen) atoms. The topological polar surface area (TPSA) is 60.4 Å². The number of amidine groups is 1. The number of ether oxygens (including phenoxy) is 3. The van der Waals surface area contributed by atoms with Crippen molar-refractivity contribution in [3.8, 4) is 17.2 Å². The Hall–Kier alpha value is -4.31. The molecule has 0 saturated carbocycles. The highest BCUT2D eigenvalue weighted by atomic mass is 79.9. The van der Waals surface area contributed by atoms with Crippen molar-refractivity contribution in [1.29, 1.82) is 0 Å². The van der Waals surface area contributed by atoms with E-state index >= 15 is 0 Å². The monoisotopic (exact) mass is 782 g/mol. The quantitative estimate of drug-likeness (QED) is 0.132. The second-order valence-corrected chi connectivity index (χ2v) is 13.9. The molecule has 9 heteroatoms. The number of halogens is 2. The SMILES string of the molecule is COc1cc(COc2c(Br)cc(/C=C3/SC(=Nc4ccc(C)cc4)N(c4ccc(C)cc4)C3=O)cc2Br)ccc1OCc1ccccc1. The first-order valence-corrected chi connectivity index (χ1v) is 17.6. The van der Waals surface area contributed by atoms with Gasteiger partial charge in [-0.15, -0.1) is 0 Å². The van der Waals surface area contributed by atoms with Crippen LogP contribution in [0, 0.1) is 13.8 Å². The number of amides is 1. The molecule has 1 heterocycles. The molecule has 0 atom stereocenters. The van der Waals surface area contributed by atoms with Crippen molar-refractivity contribution < 1.29 is 19.0 Å². The number of hydrogen-bond acceptors (Lipinski definition) is 6. The van der Waals surface area contributed by atoms with E-state index in [2.05, 4.69) is 31.9 Å². The minimum atomic E-state index is -0.132. The third kappa shape index (κ3) is 8.03. The number of carbonyl (C=O) groups excluding carboxylic acids is 1. The first kappa shape index (κ1) is 33.6. The van der Waals surface area contributed by atoms with E-state index in [-0.39, 0.29) is 5.91 Å². The van der Waals surface area contributed by atoms with Gasteiger partial charge in [0.1, 0.15) is 19.0 Å². The van der Waals surface area contributed by atoms with E-state index in [1.807, 2.05) is 129 Å². The highest BCUT2D eigenvalue weighted by molar-refractivity contribution is 9.11. The third-order valence-corrected chi connectivity index (χ3v) is 9.67. The zero-order valence-electron chi connectivity index (χ0n) is 26.6. The number of thioether (sulfide) groups is 1. The Morgan fingerprint density at radius 3 is 2.06 bits per heavy atom. The summed E-state index contributed by atoms with van der Waals surface area (Å²) >= 11 is 8.72. The van der Waals surface area contributed by atoms with Crippen LogP contribution in [0.3, 0.4) is 0 Å². The Labute approximate surface area is 301 Å². The lowest BCUT2D eigenvalue weighted by molar-refractivity contribution is -0.113. The fourth-order valence-corrected chi connectivity index (χ4v) is 7.42. The molecule has 1 aliphatic rings. The van der Waals surface area contributed by atoms with Crippen molar-refractivity contribution >= 4 is 72.1 Å². The summed E-state index contributed by atoms with van der Waals surface area (Å²) < 4.78 is 19.3. The zero-order valence-corrected chi connectivity index (χ0v) is 30.6. The first-order chi connectivity index (χ1) is 23.3. The molecular weight excluding hydrogens is 752 g/mol. The van der Waals surface area contributed by atoms with E-state index in [0.29, 0.717) is 40.5 Å². The van der Waals surface area contributed by atoms with Gasteiger partial charge in [-0.1, -0.05) is 71.8 Å². The van der Waals surface area contributed by atoms with Crippen molar-refractivity contribution in [3.63, 3.8) is 0 Å². The molecule has 0 aliphatic carbocycles. The number of anilines is 1. The minimum Gasteiger partial charge on any atom is -0.493 e. The molecule has 242 valence electrons. The molecule has 1 aliphatic heterocycles. The largest absolute Gasteiger partial charge is 0.493 e.